The second-order valence-corrected chi connectivity index (χ2v) is 34.4. The summed E-state index contributed by atoms with van der Waals surface area (Å²) >= 11 is 0. The van der Waals surface area contributed by atoms with Gasteiger partial charge < -0.3 is 88.6 Å². The summed E-state index contributed by atoms with van der Waals surface area (Å²) in [6, 6.07) is 46.3. The number of ether oxygens (including phenoxy) is 10. The van der Waals surface area contributed by atoms with Gasteiger partial charge in [0.2, 0.25) is 0 Å². The number of hydrogen-bond acceptors (Lipinski definition) is 27. The Bertz CT molecular complexity index is 5110. The zero-order valence-corrected chi connectivity index (χ0v) is 70.3. The molecule has 0 aromatic heterocycles. The van der Waals surface area contributed by atoms with Crippen molar-refractivity contribution in [2.24, 2.45) is 33.5 Å². The van der Waals surface area contributed by atoms with Gasteiger partial charge in [-0.3, -0.25) is 33.6 Å². The monoisotopic (exact) mass is 1690 g/mol. The van der Waals surface area contributed by atoms with Crippen LogP contribution in [0.3, 0.4) is 0 Å². The van der Waals surface area contributed by atoms with E-state index in [0.29, 0.717) is 16.7 Å². The third-order valence-electron chi connectivity index (χ3n) is 27.4. The number of aliphatic hydroxyl groups is 6. The first-order chi connectivity index (χ1) is 58.2. The molecule has 0 radical (unpaired) electrons. The Kier molecular flexibility index (Phi) is 25.3. The molecule has 123 heavy (non-hydrogen) atoms. The molecule has 1 unspecified atom stereocenters. The van der Waals surface area contributed by atoms with Crippen molar-refractivity contribution in [2.75, 3.05) is 20.3 Å². The molecular weight excluding hydrogens is 1590 g/mol. The highest BCUT2D eigenvalue weighted by Gasteiger charge is 2.81. The minimum atomic E-state index is -2.38. The molecule has 29 nitrogen and oxygen atoms in total. The van der Waals surface area contributed by atoms with Crippen LogP contribution in [0.5, 0.6) is 0 Å². The third-order valence-corrected chi connectivity index (χ3v) is 27.4. The number of nitrogens with one attached hydrogen (secondary N) is 2. The number of Topliss-reactive ketones (excluding diaryl/α,β-unsaturated/α-hetero) is 2. The van der Waals surface area contributed by atoms with E-state index < -0.39 is 219 Å². The lowest BCUT2D eigenvalue weighted by molar-refractivity contribution is -0.346. The van der Waals surface area contributed by atoms with E-state index in [1.54, 1.807) is 199 Å². The van der Waals surface area contributed by atoms with Gasteiger partial charge in [0, 0.05) is 75.5 Å². The first kappa shape index (κ1) is 89.8. The van der Waals surface area contributed by atoms with Crippen LogP contribution in [0.25, 0.3) is 0 Å². The number of methoxy groups -OCH3 is 1. The standard InChI is InChI=1S/C48H53NO14.C46H51NO13/c1-7-45(5)35-26(2)32(61-44(57)37(53)36(29-17-11-8-12-18-29)49-42(55)30-19-13-9-14-20-30)24-48(45,58)41(62-43(56)31-21-15-10-16-22-31)39-46(6,40(54)38(35)60-27(3)50)33(52)23-34-47(39,25-59-34)63-28(4)51;1-25-30(58-42(54)35(50)34(27-16-10-7-11-17-27)47-40(52)28-18-12-8-13-19-28)23-46(55)39(59-41(53)29-20-14-9-15-21-29)37-44(5,38(51)36(56-6)33(25)43(46,3)4)31(49)22-32-45(37,24-57-32)60-26(2)48/h8-22,32-34,36-39,41,52-53,58H,7,23-25H2,1-6H3,(H,49,55);7-21,30-32,34-37,39,49-50,55H,22-24H2,1-6H3,(H,47,52)/t32-,33-,34+,36-,37+,38+,39-,41-,45?,46+,47-,48+;30-,31-,32+,34-,35+,36+,37-,39-,44+,45-,46+/m00/s1. The fourth-order valence-electron chi connectivity index (χ4n) is 20.6. The van der Waals surface area contributed by atoms with Gasteiger partial charge in [-0.2, -0.15) is 0 Å². The normalized spacial score (nSPS) is 32.9. The molecule has 2 amide bonds. The molecule has 8 N–H and O–H groups in total. The molecule has 2 saturated heterocycles. The second-order valence-electron chi connectivity index (χ2n) is 34.4. The fourth-order valence-corrected chi connectivity index (χ4v) is 20.6. The Balaban J connectivity index is 0.000000212. The summed E-state index contributed by atoms with van der Waals surface area (Å²) in [5.41, 5.74) is -12.9. The highest BCUT2D eigenvalue weighted by molar-refractivity contribution is 5.98. The molecule has 4 bridgehead atoms. The molecule has 4 saturated carbocycles. The maximum Gasteiger partial charge on any atom is 0.338 e. The van der Waals surface area contributed by atoms with Gasteiger partial charge in [0.25, 0.3) is 11.8 Å². The van der Waals surface area contributed by atoms with Gasteiger partial charge in [-0.15, -0.1) is 0 Å². The van der Waals surface area contributed by atoms with Crippen molar-refractivity contribution in [3.05, 3.63) is 238 Å². The number of hydrogen-bond donors (Lipinski definition) is 8. The van der Waals surface area contributed by atoms with E-state index in [2.05, 4.69) is 10.6 Å². The van der Waals surface area contributed by atoms with E-state index in [1.807, 2.05) is 0 Å². The Labute approximate surface area is 710 Å². The zero-order valence-electron chi connectivity index (χ0n) is 70.3. The smallest absolute Gasteiger partial charge is 0.338 e. The summed E-state index contributed by atoms with van der Waals surface area (Å²) in [5.74, 6) is -12.2. The lowest BCUT2D eigenvalue weighted by atomic mass is 9.44. The summed E-state index contributed by atoms with van der Waals surface area (Å²) in [6.45, 7) is 15.6. The van der Waals surface area contributed by atoms with Crippen molar-refractivity contribution in [1.29, 1.82) is 0 Å². The zero-order chi connectivity index (χ0) is 89.0. The van der Waals surface area contributed by atoms with Crippen molar-refractivity contribution in [3.63, 3.8) is 0 Å². The fraction of sp³-hybridized carbons (Fsp3) is 0.457. The lowest BCUT2D eigenvalue weighted by Crippen LogP contribution is -2.82. The van der Waals surface area contributed by atoms with Crippen LogP contribution in [0.15, 0.2) is 204 Å². The molecule has 652 valence electrons. The maximum atomic E-state index is 15.6. The van der Waals surface area contributed by atoms with Crippen LogP contribution in [0.2, 0.25) is 0 Å². The number of fused-ring (bicyclic) bond motifs is 10. The Morgan fingerprint density at radius 2 is 0.805 bits per heavy atom. The molecular formula is C94H104N2O27. The predicted molar refractivity (Wildman–Crippen MR) is 435 cm³/mol. The van der Waals surface area contributed by atoms with Crippen LogP contribution >= 0.6 is 0 Å². The van der Waals surface area contributed by atoms with E-state index in [4.69, 9.17) is 47.4 Å². The summed E-state index contributed by atoms with van der Waals surface area (Å²) < 4.78 is 61.0. The molecule has 14 rings (SSSR count). The van der Waals surface area contributed by atoms with Crippen LogP contribution in [0, 0.1) is 33.5 Å². The van der Waals surface area contributed by atoms with E-state index in [9.17, 15) is 73.8 Å². The number of ketones is 2. The van der Waals surface area contributed by atoms with Gasteiger partial charge >= 0.3 is 41.8 Å². The van der Waals surface area contributed by atoms with Gasteiger partial charge in [0.15, 0.2) is 41.1 Å². The number of aliphatic hydroxyl groups excluding tert-OH is 4. The molecule has 2 heterocycles. The highest BCUT2D eigenvalue weighted by Crippen LogP contribution is 2.68. The minimum absolute atomic E-state index is 0.0258. The topological polar surface area (TPSA) is 426 Å². The number of rotatable bonds is 21. The first-order valence-electron chi connectivity index (χ1n) is 41.0. The minimum Gasteiger partial charge on any atom is -0.456 e. The Hall–Kier alpha value is -11.0. The second kappa shape index (κ2) is 34.6. The number of amides is 2. The van der Waals surface area contributed by atoms with Crippen LogP contribution in [0.4, 0.5) is 0 Å². The average Bonchev–Trinajstić information content (AvgIpc) is 0.673. The van der Waals surface area contributed by atoms with Gasteiger partial charge in [-0.25, -0.2) is 19.2 Å². The summed E-state index contributed by atoms with van der Waals surface area (Å²) in [4.78, 5) is 154. The Morgan fingerprint density at radius 1 is 0.463 bits per heavy atom. The Morgan fingerprint density at radius 3 is 1.15 bits per heavy atom. The maximum absolute atomic E-state index is 15.6. The van der Waals surface area contributed by atoms with Gasteiger partial charge in [-0.1, -0.05) is 161 Å². The molecule has 2 aliphatic heterocycles. The molecule has 29 heteroatoms. The number of benzene rings is 6. The van der Waals surface area contributed by atoms with Crippen molar-refractivity contribution >= 4 is 65.2 Å². The summed E-state index contributed by atoms with van der Waals surface area (Å²) in [5, 5.41) is 80.7. The van der Waals surface area contributed by atoms with Gasteiger partial charge in [-0.05, 0) is 116 Å². The summed E-state index contributed by atoms with van der Waals surface area (Å²) in [7, 11) is 1.30. The van der Waals surface area contributed by atoms with Crippen molar-refractivity contribution in [2.45, 2.75) is 216 Å². The van der Waals surface area contributed by atoms with E-state index in [1.165, 1.54) is 52.1 Å². The summed E-state index contributed by atoms with van der Waals surface area (Å²) in [6.07, 6.45) is -20.0. The molecule has 0 spiro atoms. The quantitative estimate of drug-likeness (QED) is 0.0192. The molecule has 8 aliphatic rings. The third kappa shape index (κ3) is 15.5. The molecule has 6 aliphatic carbocycles. The van der Waals surface area contributed by atoms with Crippen LogP contribution in [-0.4, -0.2) is 212 Å². The van der Waals surface area contributed by atoms with Gasteiger partial charge in [0.1, 0.15) is 53.9 Å². The number of carbonyl (C=O) groups is 11. The van der Waals surface area contributed by atoms with E-state index in [-0.39, 0.29) is 71.4 Å². The first-order valence-corrected chi connectivity index (χ1v) is 41.0. The number of esters is 7. The predicted octanol–water partition coefficient (Wildman–Crippen LogP) is 7.94. The number of carbonyl (C=O) groups excluding carboxylic acids is 11. The van der Waals surface area contributed by atoms with Crippen molar-refractivity contribution in [3.8, 4) is 0 Å². The van der Waals surface area contributed by atoms with Crippen LogP contribution < -0.4 is 10.6 Å². The van der Waals surface area contributed by atoms with Crippen molar-refractivity contribution < 1.29 is 131 Å². The molecule has 6 aromatic rings. The van der Waals surface area contributed by atoms with Crippen LogP contribution in [0.1, 0.15) is 173 Å². The van der Waals surface area contributed by atoms with Crippen molar-refractivity contribution in [1.82, 2.24) is 10.6 Å². The SMILES string of the molecule is CCC1(C)C2=C(C)[C@@H](OC(=O)[C@H](O)[C@@H](NC(=O)c3ccccc3)c3ccccc3)C[C@@]1(O)[C@@H](OC(=O)c1ccccc1)[C@@H]1[C@]3(OC(C)=O)CO[C@@H]3C[C@H](O)[C@@]1(C)C(=O)[C@@H]2OC(C)=O.CO[C@H]1C(=O)[C@@]2(C)[C@H]([C@H](OC(=O)c3ccccc3)[C@]3(O)C[C@H](OC(=O)[C@H](O)[C@@H](NC(=O)c4ccccc4)c4ccccc4)C(C)=C1C3(C)C)[C@]1(OC(C)=O)CO[C@@H]1C[C@@H]2O. The van der Waals surface area contributed by atoms with E-state index in [0.717, 1.165) is 13.8 Å². The van der Waals surface area contributed by atoms with Gasteiger partial charge in [0.05, 0.1) is 71.3 Å². The molecule has 6 aromatic carbocycles. The molecule has 6 fully saturated rings. The van der Waals surface area contributed by atoms with Crippen LogP contribution in [-0.2, 0) is 80.9 Å². The largest absolute Gasteiger partial charge is 0.456 e. The average molecular weight is 1690 g/mol. The lowest BCUT2D eigenvalue weighted by Gasteiger charge is -2.67. The van der Waals surface area contributed by atoms with E-state index >= 15 is 9.59 Å². The highest BCUT2D eigenvalue weighted by atomic mass is 16.6. The molecule has 23 atom stereocenters.